The largest absolute Gasteiger partial charge is 0.495 e. The van der Waals surface area contributed by atoms with Crippen LogP contribution in [0.3, 0.4) is 0 Å². The van der Waals surface area contributed by atoms with E-state index >= 15 is 0 Å². The molecule has 0 aromatic heterocycles. The number of nitrogens with zero attached hydrogens (tertiary/aromatic N) is 1. The van der Waals surface area contributed by atoms with Gasteiger partial charge in [0.15, 0.2) is 0 Å². The van der Waals surface area contributed by atoms with Gasteiger partial charge in [-0.3, -0.25) is 9.10 Å². The van der Waals surface area contributed by atoms with E-state index in [1.165, 1.54) is 31.4 Å². The van der Waals surface area contributed by atoms with Crippen LogP contribution in [0.5, 0.6) is 5.75 Å². The quantitative estimate of drug-likeness (QED) is 0.464. The maximum atomic E-state index is 13.6. The minimum Gasteiger partial charge on any atom is -0.495 e. The number of rotatable bonds is 8. The van der Waals surface area contributed by atoms with Crippen molar-refractivity contribution in [3.63, 3.8) is 0 Å². The molecule has 0 aliphatic carbocycles. The van der Waals surface area contributed by atoms with Crippen LogP contribution in [0.1, 0.15) is 11.1 Å². The number of anilines is 1. The average molecular weight is 511 g/mol. The molecule has 6 nitrogen and oxygen atoms in total. The summed E-state index contributed by atoms with van der Waals surface area (Å²) in [6, 6.07) is 14.4. The number of ether oxygens (including phenoxy) is 1. The van der Waals surface area contributed by atoms with Gasteiger partial charge in [-0.25, -0.2) is 12.8 Å². The molecule has 3 rings (SSSR count). The van der Waals surface area contributed by atoms with E-state index < -0.39 is 28.3 Å². The number of benzene rings is 3. The topological polar surface area (TPSA) is 75.7 Å². The molecule has 0 spiro atoms. The normalized spacial score (nSPS) is 11.2. The lowest BCUT2D eigenvalue weighted by Crippen LogP contribution is -2.40. The molecule has 0 radical (unpaired) electrons. The monoisotopic (exact) mass is 510 g/mol. The Bertz CT molecular complexity index is 1270. The molecule has 1 amide bonds. The van der Waals surface area contributed by atoms with Gasteiger partial charge in [-0.15, -0.1) is 0 Å². The Kier molecular flexibility index (Phi) is 7.84. The van der Waals surface area contributed by atoms with Crippen molar-refractivity contribution in [2.45, 2.75) is 18.4 Å². The number of halogens is 3. The third-order valence-corrected chi connectivity index (χ3v) is 7.16. The van der Waals surface area contributed by atoms with Crippen LogP contribution in [-0.4, -0.2) is 28.0 Å². The van der Waals surface area contributed by atoms with Crippen LogP contribution < -0.4 is 14.4 Å². The zero-order valence-corrected chi connectivity index (χ0v) is 20.1. The van der Waals surface area contributed by atoms with Gasteiger partial charge < -0.3 is 10.1 Å². The molecule has 0 atom stereocenters. The van der Waals surface area contributed by atoms with Gasteiger partial charge in [-0.1, -0.05) is 35.3 Å². The first-order valence-electron chi connectivity index (χ1n) is 9.75. The van der Waals surface area contributed by atoms with Gasteiger partial charge >= 0.3 is 0 Å². The molecule has 0 aliphatic rings. The smallest absolute Gasteiger partial charge is 0.268 e. The number of carbonyl (C=O) groups excluding carboxylic acids is 1. The molecule has 174 valence electrons. The molecule has 0 saturated heterocycles. The molecule has 3 aromatic carbocycles. The van der Waals surface area contributed by atoms with Crippen LogP contribution in [0, 0.1) is 12.7 Å². The van der Waals surface area contributed by atoms with Gasteiger partial charge in [0.05, 0.1) is 12.8 Å². The standard InChI is InChI=1S/C23H21Cl2FN2O4S/c1-15-3-10-21(32-2)22(11-15)33(30,31)28(19-8-6-18(26)7-9-19)14-23(29)27-13-16-4-5-17(24)12-20(16)25/h3-12H,13-14H2,1-2H3,(H,27,29). The number of methoxy groups -OCH3 is 1. The molecule has 33 heavy (non-hydrogen) atoms. The molecule has 3 aromatic rings. The fourth-order valence-electron chi connectivity index (χ4n) is 3.07. The molecular formula is C23H21Cl2FN2O4S. The summed E-state index contributed by atoms with van der Waals surface area (Å²) in [6.45, 7) is 1.26. The molecular weight excluding hydrogens is 490 g/mol. The second-order valence-electron chi connectivity index (χ2n) is 7.15. The Morgan fingerprint density at radius 3 is 2.39 bits per heavy atom. The predicted octanol–water partition coefficient (Wildman–Crippen LogP) is 4.96. The molecule has 0 heterocycles. The number of aryl methyl sites for hydroxylation is 1. The van der Waals surface area contributed by atoms with Crippen molar-refractivity contribution in [1.29, 1.82) is 0 Å². The van der Waals surface area contributed by atoms with E-state index in [1.54, 1.807) is 31.2 Å². The highest BCUT2D eigenvalue weighted by Gasteiger charge is 2.30. The summed E-state index contributed by atoms with van der Waals surface area (Å²) in [7, 11) is -2.89. The Labute approximate surface area is 201 Å². The van der Waals surface area contributed by atoms with Crippen molar-refractivity contribution in [2.75, 3.05) is 18.0 Å². The van der Waals surface area contributed by atoms with Gasteiger partial charge in [0.1, 0.15) is 23.0 Å². The molecule has 0 fully saturated rings. The van der Waals surface area contributed by atoms with E-state index in [0.29, 0.717) is 21.2 Å². The first kappa shape index (κ1) is 24.8. The minimum absolute atomic E-state index is 0.0694. The van der Waals surface area contributed by atoms with Crippen LogP contribution in [0.2, 0.25) is 10.0 Å². The van der Waals surface area contributed by atoms with E-state index in [0.717, 1.165) is 16.4 Å². The number of hydrogen-bond donors (Lipinski definition) is 1. The summed E-state index contributed by atoms with van der Waals surface area (Å²) in [5, 5.41) is 3.48. The fraction of sp³-hybridized carbons (Fsp3) is 0.174. The van der Waals surface area contributed by atoms with Crippen molar-refractivity contribution < 1.29 is 22.3 Å². The maximum absolute atomic E-state index is 13.6. The summed E-state index contributed by atoms with van der Waals surface area (Å²) in [6.07, 6.45) is 0. The molecule has 0 unspecified atom stereocenters. The third-order valence-electron chi connectivity index (χ3n) is 4.78. The molecule has 1 N–H and O–H groups in total. The summed E-state index contributed by atoms with van der Waals surface area (Å²) < 4.78 is 46.8. The number of amides is 1. The van der Waals surface area contributed by atoms with E-state index in [2.05, 4.69) is 5.32 Å². The van der Waals surface area contributed by atoms with Crippen LogP contribution in [0.4, 0.5) is 10.1 Å². The fourth-order valence-corrected chi connectivity index (χ4v) is 5.21. The summed E-state index contributed by atoms with van der Waals surface area (Å²) in [5.74, 6) is -0.993. The molecule has 10 heteroatoms. The molecule has 0 aliphatic heterocycles. The number of carbonyl (C=O) groups is 1. The Hall–Kier alpha value is -2.81. The van der Waals surface area contributed by atoms with Gasteiger partial charge in [-0.05, 0) is 66.6 Å². The van der Waals surface area contributed by atoms with E-state index in [1.807, 2.05) is 0 Å². The van der Waals surface area contributed by atoms with Crippen molar-refractivity contribution in [1.82, 2.24) is 5.32 Å². The Morgan fingerprint density at radius 2 is 1.76 bits per heavy atom. The maximum Gasteiger partial charge on any atom is 0.268 e. The van der Waals surface area contributed by atoms with Crippen LogP contribution in [-0.2, 0) is 21.4 Å². The molecule has 0 saturated carbocycles. The average Bonchev–Trinajstić information content (AvgIpc) is 2.77. The minimum atomic E-state index is -4.24. The van der Waals surface area contributed by atoms with Gasteiger partial charge in [-0.2, -0.15) is 0 Å². The summed E-state index contributed by atoms with van der Waals surface area (Å²) in [5.41, 5.74) is 1.43. The van der Waals surface area contributed by atoms with E-state index in [-0.39, 0.29) is 22.9 Å². The van der Waals surface area contributed by atoms with Gasteiger partial charge in [0.25, 0.3) is 10.0 Å². The van der Waals surface area contributed by atoms with Crippen molar-refractivity contribution in [2.24, 2.45) is 0 Å². The van der Waals surface area contributed by atoms with Gasteiger partial charge in [0, 0.05) is 16.6 Å². The highest BCUT2D eigenvalue weighted by molar-refractivity contribution is 7.93. The van der Waals surface area contributed by atoms with Crippen LogP contribution >= 0.6 is 23.2 Å². The number of hydrogen-bond acceptors (Lipinski definition) is 4. The second-order valence-corrected chi connectivity index (χ2v) is 9.83. The first-order valence-corrected chi connectivity index (χ1v) is 11.9. The van der Waals surface area contributed by atoms with Crippen LogP contribution in [0.25, 0.3) is 0 Å². The first-order chi connectivity index (χ1) is 15.6. The lowest BCUT2D eigenvalue weighted by atomic mass is 10.2. The SMILES string of the molecule is COc1ccc(C)cc1S(=O)(=O)N(CC(=O)NCc1ccc(Cl)cc1Cl)c1ccc(F)cc1. The zero-order valence-electron chi connectivity index (χ0n) is 17.8. The van der Waals surface area contributed by atoms with Crippen molar-refractivity contribution in [3.8, 4) is 5.75 Å². The summed E-state index contributed by atoms with van der Waals surface area (Å²) in [4.78, 5) is 12.6. The van der Waals surface area contributed by atoms with Crippen LogP contribution in [0.15, 0.2) is 65.6 Å². The highest BCUT2D eigenvalue weighted by atomic mass is 35.5. The lowest BCUT2D eigenvalue weighted by Gasteiger charge is -2.25. The molecule has 0 bridgehead atoms. The van der Waals surface area contributed by atoms with E-state index in [9.17, 15) is 17.6 Å². The Balaban J connectivity index is 1.92. The zero-order chi connectivity index (χ0) is 24.2. The Morgan fingerprint density at radius 1 is 1.06 bits per heavy atom. The van der Waals surface area contributed by atoms with Crippen molar-refractivity contribution in [3.05, 3.63) is 87.7 Å². The van der Waals surface area contributed by atoms with E-state index in [4.69, 9.17) is 27.9 Å². The second kappa shape index (κ2) is 10.4. The van der Waals surface area contributed by atoms with Crippen molar-refractivity contribution >= 4 is 44.8 Å². The third kappa shape index (κ3) is 5.96. The lowest BCUT2D eigenvalue weighted by molar-refractivity contribution is -0.119. The number of sulfonamides is 1. The number of nitrogens with one attached hydrogen (secondary N) is 1. The highest BCUT2D eigenvalue weighted by Crippen LogP contribution is 2.31. The summed E-state index contributed by atoms with van der Waals surface area (Å²) >= 11 is 12.0. The predicted molar refractivity (Wildman–Crippen MR) is 127 cm³/mol. The van der Waals surface area contributed by atoms with Gasteiger partial charge in [0.2, 0.25) is 5.91 Å².